The fourth-order valence-electron chi connectivity index (χ4n) is 4.00. The summed E-state index contributed by atoms with van der Waals surface area (Å²) in [7, 11) is -4.09. The summed E-state index contributed by atoms with van der Waals surface area (Å²) in [5.41, 5.74) is 2.62. The van der Waals surface area contributed by atoms with Gasteiger partial charge in [0.1, 0.15) is 5.75 Å². The van der Waals surface area contributed by atoms with E-state index in [0.29, 0.717) is 5.69 Å². The number of likely N-dealkylation sites (tertiary alicyclic amines) is 1. The number of halogens is 3. The number of anilines is 1. The lowest BCUT2D eigenvalue weighted by Crippen LogP contribution is -2.19. The molecule has 1 N–H and O–H groups in total. The molecule has 1 unspecified atom stereocenters. The molecule has 1 heterocycles. The molecule has 4 rings (SSSR count). The van der Waals surface area contributed by atoms with Gasteiger partial charge in [0, 0.05) is 24.8 Å². The number of hydrogen-bond donors (Lipinski definition) is 1. The predicted octanol–water partition coefficient (Wildman–Crippen LogP) is 5.38. The monoisotopic (exact) mass is 476 g/mol. The molecule has 0 amide bonds. The average Bonchev–Trinajstić information content (AvgIpc) is 3.22. The van der Waals surface area contributed by atoms with Crippen molar-refractivity contribution >= 4 is 15.7 Å². The van der Waals surface area contributed by atoms with Crippen LogP contribution in [0.4, 0.5) is 18.9 Å². The molecule has 0 aliphatic carbocycles. The number of alkyl halides is 3. The van der Waals surface area contributed by atoms with Crippen molar-refractivity contribution in [2.45, 2.75) is 30.1 Å². The van der Waals surface area contributed by atoms with Crippen LogP contribution in [0, 0.1) is 0 Å². The van der Waals surface area contributed by atoms with Crippen LogP contribution in [0.3, 0.4) is 0 Å². The Labute approximate surface area is 190 Å². The van der Waals surface area contributed by atoms with Gasteiger partial charge < -0.3 is 4.74 Å². The van der Waals surface area contributed by atoms with E-state index in [1.807, 2.05) is 24.3 Å². The Bertz CT molecular complexity index is 1200. The van der Waals surface area contributed by atoms with Crippen LogP contribution in [-0.4, -0.2) is 32.8 Å². The zero-order chi connectivity index (χ0) is 23.5. The molecule has 1 atom stereocenters. The van der Waals surface area contributed by atoms with E-state index in [2.05, 4.69) is 26.5 Å². The van der Waals surface area contributed by atoms with Gasteiger partial charge in [-0.2, -0.15) is 0 Å². The summed E-state index contributed by atoms with van der Waals surface area (Å²) in [5.74, 6) is -0.328. The topological polar surface area (TPSA) is 58.6 Å². The van der Waals surface area contributed by atoms with E-state index in [-0.39, 0.29) is 10.8 Å². The Hall–Kier alpha value is -3.04. The lowest BCUT2D eigenvalue weighted by molar-refractivity contribution is -0.274. The molecule has 0 spiro atoms. The summed E-state index contributed by atoms with van der Waals surface area (Å²) in [6.45, 7) is 2.67. The summed E-state index contributed by atoms with van der Waals surface area (Å²) >= 11 is 0. The summed E-state index contributed by atoms with van der Waals surface area (Å²) in [5, 5.41) is 0. The van der Waals surface area contributed by atoms with Crippen LogP contribution < -0.4 is 9.46 Å². The molecule has 174 valence electrons. The largest absolute Gasteiger partial charge is 0.573 e. The Kier molecular flexibility index (Phi) is 6.62. The number of rotatable bonds is 7. The van der Waals surface area contributed by atoms with Gasteiger partial charge in [-0.05, 0) is 54.3 Å². The van der Waals surface area contributed by atoms with Crippen molar-refractivity contribution in [3.8, 4) is 5.75 Å². The summed E-state index contributed by atoms with van der Waals surface area (Å²) in [6, 6.07) is 21.7. The lowest BCUT2D eigenvalue weighted by atomic mass is 9.98. The molecule has 33 heavy (non-hydrogen) atoms. The highest BCUT2D eigenvalue weighted by Crippen LogP contribution is 2.31. The number of nitrogens with one attached hydrogen (secondary N) is 1. The van der Waals surface area contributed by atoms with Gasteiger partial charge in [-0.15, -0.1) is 13.2 Å². The third-order valence-corrected chi connectivity index (χ3v) is 6.86. The molecule has 3 aromatic rings. The van der Waals surface area contributed by atoms with E-state index in [1.54, 1.807) is 18.2 Å². The number of sulfonamides is 1. The van der Waals surface area contributed by atoms with Crippen molar-refractivity contribution in [3.63, 3.8) is 0 Å². The van der Waals surface area contributed by atoms with Gasteiger partial charge in [-0.3, -0.25) is 9.62 Å². The van der Waals surface area contributed by atoms with Gasteiger partial charge in [0.2, 0.25) is 0 Å². The lowest BCUT2D eigenvalue weighted by Gasteiger charge is -2.17. The molecule has 0 saturated carbocycles. The maximum absolute atomic E-state index is 12.8. The Morgan fingerprint density at radius 1 is 0.970 bits per heavy atom. The number of ether oxygens (including phenoxy) is 1. The van der Waals surface area contributed by atoms with E-state index in [4.69, 9.17) is 0 Å². The van der Waals surface area contributed by atoms with Crippen LogP contribution in [0.2, 0.25) is 0 Å². The van der Waals surface area contributed by atoms with Gasteiger partial charge in [0.15, 0.2) is 0 Å². The van der Waals surface area contributed by atoms with E-state index in [9.17, 15) is 21.6 Å². The number of hydrogen-bond acceptors (Lipinski definition) is 4. The molecule has 1 aliphatic heterocycles. The molecule has 1 fully saturated rings. The maximum Gasteiger partial charge on any atom is 0.573 e. The van der Waals surface area contributed by atoms with Crippen LogP contribution >= 0.6 is 0 Å². The third kappa shape index (κ3) is 6.27. The van der Waals surface area contributed by atoms with E-state index in [0.717, 1.165) is 43.8 Å². The SMILES string of the molecule is O=S(=O)(Nc1cccc(C2CCN(Cc3ccccc3)C2)c1)c1cccc(OC(F)(F)F)c1. The van der Waals surface area contributed by atoms with Gasteiger partial charge in [0.25, 0.3) is 10.0 Å². The second kappa shape index (κ2) is 9.44. The smallest absolute Gasteiger partial charge is 0.406 e. The first-order valence-electron chi connectivity index (χ1n) is 10.4. The van der Waals surface area contributed by atoms with Gasteiger partial charge in [0.05, 0.1) is 4.90 Å². The normalized spacial score (nSPS) is 17.1. The van der Waals surface area contributed by atoms with Crippen molar-refractivity contribution in [1.82, 2.24) is 4.90 Å². The Morgan fingerprint density at radius 3 is 2.48 bits per heavy atom. The molecule has 1 saturated heterocycles. The maximum atomic E-state index is 12.8. The molecule has 1 aliphatic rings. The van der Waals surface area contributed by atoms with Gasteiger partial charge >= 0.3 is 6.36 Å². The fourth-order valence-corrected chi connectivity index (χ4v) is 5.08. The molecule has 5 nitrogen and oxygen atoms in total. The fraction of sp³-hybridized carbons (Fsp3) is 0.250. The van der Waals surface area contributed by atoms with Crippen molar-refractivity contribution in [2.75, 3.05) is 17.8 Å². The van der Waals surface area contributed by atoms with Crippen LogP contribution in [0.1, 0.15) is 23.5 Å². The minimum atomic E-state index is -4.90. The second-order valence-electron chi connectivity index (χ2n) is 7.96. The minimum absolute atomic E-state index is 0.265. The zero-order valence-corrected chi connectivity index (χ0v) is 18.4. The summed E-state index contributed by atoms with van der Waals surface area (Å²) in [4.78, 5) is 2.05. The van der Waals surface area contributed by atoms with Crippen LogP contribution in [0.25, 0.3) is 0 Å². The van der Waals surface area contributed by atoms with Crippen LogP contribution in [0.5, 0.6) is 5.75 Å². The molecular weight excluding hydrogens is 453 g/mol. The standard InChI is InChI=1S/C24H23F3N2O3S/c25-24(26,27)32-22-10-5-11-23(15-22)33(30,31)28-21-9-4-8-19(14-21)20-12-13-29(17-20)16-18-6-2-1-3-7-18/h1-11,14-15,20,28H,12-13,16-17H2. The van der Waals surface area contributed by atoms with Gasteiger partial charge in [-0.25, -0.2) is 8.42 Å². The Morgan fingerprint density at radius 2 is 1.73 bits per heavy atom. The molecule has 0 radical (unpaired) electrons. The van der Waals surface area contributed by atoms with Crippen LogP contribution in [0.15, 0.2) is 83.8 Å². The van der Waals surface area contributed by atoms with E-state index < -0.39 is 22.1 Å². The van der Waals surface area contributed by atoms with Crippen LogP contribution in [-0.2, 0) is 16.6 Å². The highest BCUT2D eigenvalue weighted by atomic mass is 32.2. The Balaban J connectivity index is 1.44. The number of benzene rings is 3. The first-order chi connectivity index (χ1) is 15.7. The second-order valence-corrected chi connectivity index (χ2v) is 9.64. The zero-order valence-electron chi connectivity index (χ0n) is 17.6. The summed E-state index contributed by atoms with van der Waals surface area (Å²) < 4.78 is 69.2. The molecule has 0 bridgehead atoms. The highest BCUT2D eigenvalue weighted by Gasteiger charge is 2.31. The summed E-state index contributed by atoms with van der Waals surface area (Å²) in [6.07, 6.45) is -3.94. The minimum Gasteiger partial charge on any atom is -0.406 e. The van der Waals surface area contributed by atoms with E-state index in [1.165, 1.54) is 17.7 Å². The van der Waals surface area contributed by atoms with Crippen molar-refractivity contribution in [2.24, 2.45) is 0 Å². The molecule has 0 aromatic heterocycles. The van der Waals surface area contributed by atoms with Gasteiger partial charge in [-0.1, -0.05) is 48.5 Å². The van der Waals surface area contributed by atoms with Crippen molar-refractivity contribution in [3.05, 3.63) is 90.0 Å². The first-order valence-corrected chi connectivity index (χ1v) is 11.9. The van der Waals surface area contributed by atoms with Crippen molar-refractivity contribution in [1.29, 1.82) is 0 Å². The molecule has 3 aromatic carbocycles. The number of nitrogens with zero attached hydrogens (tertiary/aromatic N) is 1. The predicted molar refractivity (Wildman–Crippen MR) is 119 cm³/mol. The average molecular weight is 477 g/mol. The molecule has 9 heteroatoms. The van der Waals surface area contributed by atoms with E-state index >= 15 is 0 Å². The highest BCUT2D eigenvalue weighted by molar-refractivity contribution is 7.92. The molecular formula is C24H23F3N2O3S. The third-order valence-electron chi connectivity index (χ3n) is 5.48. The van der Waals surface area contributed by atoms with Crippen molar-refractivity contribution < 1.29 is 26.3 Å². The first kappa shape index (κ1) is 23.1. The quantitative estimate of drug-likeness (QED) is 0.498.